The van der Waals surface area contributed by atoms with Crippen molar-refractivity contribution in [3.63, 3.8) is 0 Å². The molecule has 1 aliphatic rings. The number of benzene rings is 2. The maximum atomic E-state index is 13.0. The summed E-state index contributed by atoms with van der Waals surface area (Å²) in [5.41, 5.74) is 7.56. The van der Waals surface area contributed by atoms with E-state index in [-0.39, 0.29) is 5.78 Å². The van der Waals surface area contributed by atoms with Crippen LogP contribution in [0.1, 0.15) is 48.7 Å². The van der Waals surface area contributed by atoms with E-state index in [4.69, 9.17) is 11.6 Å². The zero-order chi connectivity index (χ0) is 16.6. The quantitative estimate of drug-likeness (QED) is 0.625. The Balaban J connectivity index is 2.13. The van der Waals surface area contributed by atoms with Crippen LogP contribution >= 0.6 is 11.6 Å². The summed E-state index contributed by atoms with van der Waals surface area (Å²) < 4.78 is 0. The Morgan fingerprint density at radius 2 is 1.65 bits per heavy atom. The van der Waals surface area contributed by atoms with E-state index in [1.165, 1.54) is 22.3 Å². The lowest BCUT2D eigenvalue weighted by atomic mass is 9.91. The Bertz CT molecular complexity index is 841. The predicted molar refractivity (Wildman–Crippen MR) is 96.9 cm³/mol. The van der Waals surface area contributed by atoms with E-state index >= 15 is 0 Å². The highest BCUT2D eigenvalue weighted by Gasteiger charge is 2.22. The Labute approximate surface area is 142 Å². The zero-order valence-corrected chi connectivity index (χ0v) is 14.4. The van der Waals surface area contributed by atoms with Crippen molar-refractivity contribution in [3.05, 3.63) is 87.0 Å². The van der Waals surface area contributed by atoms with E-state index in [9.17, 15) is 4.79 Å². The molecular weight excluding hydrogens is 304 g/mol. The molecule has 2 heteroatoms. The van der Waals surface area contributed by atoms with Crippen molar-refractivity contribution < 1.29 is 4.79 Å². The molecule has 2 aromatic carbocycles. The first-order valence-electron chi connectivity index (χ1n) is 7.75. The molecule has 1 nitrogen and oxygen atoms in total. The van der Waals surface area contributed by atoms with Crippen molar-refractivity contribution in [1.82, 2.24) is 0 Å². The Morgan fingerprint density at radius 1 is 0.957 bits per heavy atom. The molecular formula is C21H19ClO. The van der Waals surface area contributed by atoms with Crippen LogP contribution in [0.25, 0.3) is 5.57 Å². The first-order valence-corrected chi connectivity index (χ1v) is 8.13. The van der Waals surface area contributed by atoms with Gasteiger partial charge in [0, 0.05) is 16.1 Å². The molecule has 0 aliphatic heterocycles. The van der Waals surface area contributed by atoms with Gasteiger partial charge in [-0.15, -0.1) is 0 Å². The highest BCUT2D eigenvalue weighted by molar-refractivity contribution is 6.31. The van der Waals surface area contributed by atoms with E-state index in [1.54, 1.807) is 6.07 Å². The second kappa shape index (κ2) is 6.17. The number of hydrogen-bond donors (Lipinski definition) is 0. The number of rotatable bonds is 3. The lowest BCUT2D eigenvalue weighted by Crippen LogP contribution is -2.05. The fourth-order valence-electron chi connectivity index (χ4n) is 3.09. The van der Waals surface area contributed by atoms with Crippen molar-refractivity contribution >= 4 is 23.0 Å². The normalized spacial score (nSPS) is 14.6. The Hall–Kier alpha value is -2.12. The zero-order valence-electron chi connectivity index (χ0n) is 13.6. The molecule has 2 aromatic rings. The molecule has 0 heterocycles. The van der Waals surface area contributed by atoms with E-state index in [1.807, 2.05) is 42.5 Å². The highest BCUT2D eigenvalue weighted by atomic mass is 35.5. The van der Waals surface area contributed by atoms with E-state index in [0.29, 0.717) is 16.1 Å². The van der Waals surface area contributed by atoms with E-state index in [0.717, 1.165) is 12.0 Å². The molecule has 0 N–H and O–H groups in total. The van der Waals surface area contributed by atoms with Gasteiger partial charge in [-0.2, -0.15) is 0 Å². The van der Waals surface area contributed by atoms with Gasteiger partial charge in [0.2, 0.25) is 0 Å². The number of allylic oxidation sites excluding steroid dienone is 4. The summed E-state index contributed by atoms with van der Waals surface area (Å²) in [5.74, 6) is 0.0191. The Kier molecular flexibility index (Phi) is 4.23. The topological polar surface area (TPSA) is 17.1 Å². The molecule has 0 atom stereocenters. The summed E-state index contributed by atoms with van der Waals surface area (Å²) in [6.45, 7) is 6.43. The van der Waals surface area contributed by atoms with Crippen molar-refractivity contribution in [3.8, 4) is 0 Å². The van der Waals surface area contributed by atoms with Crippen LogP contribution in [-0.2, 0) is 0 Å². The van der Waals surface area contributed by atoms with Crippen LogP contribution in [0, 0.1) is 0 Å². The van der Waals surface area contributed by atoms with E-state index < -0.39 is 0 Å². The van der Waals surface area contributed by atoms with Gasteiger partial charge in [0.25, 0.3) is 0 Å². The lowest BCUT2D eigenvalue weighted by molar-refractivity contribution is 0.103. The van der Waals surface area contributed by atoms with Crippen molar-refractivity contribution in [2.45, 2.75) is 27.2 Å². The van der Waals surface area contributed by atoms with Crippen molar-refractivity contribution in [2.75, 3.05) is 0 Å². The maximum absolute atomic E-state index is 13.0. The number of carbonyl (C=O) groups is 1. The lowest BCUT2D eigenvalue weighted by Gasteiger charge is -2.12. The second-order valence-corrected chi connectivity index (χ2v) is 6.51. The first kappa shape index (κ1) is 15.8. The van der Waals surface area contributed by atoms with E-state index in [2.05, 4.69) is 20.8 Å². The van der Waals surface area contributed by atoms with Crippen molar-refractivity contribution in [2.24, 2.45) is 0 Å². The molecule has 0 radical (unpaired) electrons. The van der Waals surface area contributed by atoms with Crippen LogP contribution in [0.15, 0.2) is 65.3 Å². The maximum Gasteiger partial charge on any atom is 0.193 e. The molecule has 0 aromatic heterocycles. The minimum Gasteiger partial charge on any atom is -0.289 e. The number of hydrogen-bond acceptors (Lipinski definition) is 1. The minimum absolute atomic E-state index is 0.0191. The number of carbonyl (C=O) groups excluding carboxylic acids is 1. The third-order valence-electron chi connectivity index (χ3n) is 4.68. The van der Waals surface area contributed by atoms with Crippen LogP contribution in [0.2, 0.25) is 5.02 Å². The van der Waals surface area contributed by atoms with Gasteiger partial charge in [-0.1, -0.05) is 53.6 Å². The molecule has 0 saturated heterocycles. The van der Waals surface area contributed by atoms with Crippen LogP contribution in [0.5, 0.6) is 0 Å². The number of halogens is 1. The summed E-state index contributed by atoms with van der Waals surface area (Å²) in [4.78, 5) is 13.0. The summed E-state index contributed by atoms with van der Waals surface area (Å²) in [5, 5.41) is 0.589. The summed E-state index contributed by atoms with van der Waals surface area (Å²) >= 11 is 6.17. The molecule has 0 bridgehead atoms. The smallest absolute Gasteiger partial charge is 0.193 e. The minimum atomic E-state index is 0.0191. The standard InChI is InChI=1S/C21H19ClO/c1-13-11-19(15(3)14(13)2)18-10-9-17(22)12-20(18)21(23)16-7-5-4-6-8-16/h4-10,12H,11H2,1-3H3. The molecule has 0 saturated carbocycles. The average Bonchev–Trinajstić information content (AvgIpc) is 2.82. The van der Waals surface area contributed by atoms with Gasteiger partial charge in [-0.25, -0.2) is 0 Å². The second-order valence-electron chi connectivity index (χ2n) is 6.07. The van der Waals surface area contributed by atoms with Gasteiger partial charge < -0.3 is 0 Å². The van der Waals surface area contributed by atoms with Gasteiger partial charge in [0.1, 0.15) is 0 Å². The molecule has 0 spiro atoms. The summed E-state index contributed by atoms with van der Waals surface area (Å²) in [7, 11) is 0. The number of ketones is 1. The largest absolute Gasteiger partial charge is 0.289 e. The third kappa shape index (κ3) is 2.89. The highest BCUT2D eigenvalue weighted by Crippen LogP contribution is 2.39. The van der Waals surface area contributed by atoms with Crippen LogP contribution in [-0.4, -0.2) is 5.78 Å². The van der Waals surface area contributed by atoms with Crippen molar-refractivity contribution in [1.29, 1.82) is 0 Å². The molecule has 0 fully saturated rings. The summed E-state index contributed by atoms with van der Waals surface area (Å²) in [6, 6.07) is 15.0. The van der Waals surface area contributed by atoms with Gasteiger partial charge in [-0.05, 0) is 61.6 Å². The average molecular weight is 323 g/mol. The molecule has 0 amide bonds. The van der Waals surface area contributed by atoms with Gasteiger partial charge >= 0.3 is 0 Å². The fraction of sp³-hybridized carbons (Fsp3) is 0.190. The molecule has 23 heavy (non-hydrogen) atoms. The van der Waals surface area contributed by atoms with Crippen LogP contribution in [0.3, 0.4) is 0 Å². The molecule has 3 rings (SSSR count). The Morgan fingerprint density at radius 3 is 2.26 bits per heavy atom. The monoisotopic (exact) mass is 322 g/mol. The first-order chi connectivity index (χ1) is 11.0. The molecule has 0 unspecified atom stereocenters. The van der Waals surface area contributed by atoms with Gasteiger partial charge in [0.05, 0.1) is 0 Å². The molecule has 1 aliphatic carbocycles. The summed E-state index contributed by atoms with van der Waals surface area (Å²) in [6.07, 6.45) is 0.897. The third-order valence-corrected chi connectivity index (χ3v) is 4.92. The predicted octanol–water partition coefficient (Wildman–Crippen LogP) is 6.08. The SMILES string of the molecule is CC1=C(C)C(C)=C(c2ccc(Cl)cc2C(=O)c2ccccc2)C1. The van der Waals surface area contributed by atoms with Gasteiger partial charge in [0.15, 0.2) is 5.78 Å². The van der Waals surface area contributed by atoms with Gasteiger partial charge in [-0.3, -0.25) is 4.79 Å². The van der Waals surface area contributed by atoms with Crippen LogP contribution < -0.4 is 0 Å². The molecule has 116 valence electrons. The van der Waals surface area contributed by atoms with Crippen LogP contribution in [0.4, 0.5) is 0 Å². The fourth-order valence-corrected chi connectivity index (χ4v) is 3.26.